The van der Waals surface area contributed by atoms with Gasteiger partial charge in [0.05, 0.1) is 5.52 Å². The molecule has 4 heteroatoms. The summed E-state index contributed by atoms with van der Waals surface area (Å²) < 4.78 is 0. The summed E-state index contributed by atoms with van der Waals surface area (Å²) in [7, 11) is 2.04. The number of anilines is 1. The molecule has 1 fully saturated rings. The van der Waals surface area contributed by atoms with E-state index in [9.17, 15) is 0 Å². The number of benzene rings is 1. The Morgan fingerprint density at radius 2 is 2.17 bits per heavy atom. The van der Waals surface area contributed by atoms with Gasteiger partial charge in [0.1, 0.15) is 0 Å². The van der Waals surface area contributed by atoms with E-state index < -0.39 is 0 Å². The number of para-hydroxylation sites is 1. The second kappa shape index (κ2) is 4.90. The molecule has 0 bridgehead atoms. The number of hydrogen-bond donors (Lipinski definition) is 1. The van der Waals surface area contributed by atoms with Gasteiger partial charge in [-0.1, -0.05) is 18.2 Å². The Kier molecular flexibility index (Phi) is 3.11. The van der Waals surface area contributed by atoms with Crippen molar-refractivity contribution in [1.29, 1.82) is 0 Å². The van der Waals surface area contributed by atoms with Crippen LogP contribution < -0.4 is 10.2 Å². The molecule has 1 N–H and O–H groups in total. The van der Waals surface area contributed by atoms with Crippen molar-refractivity contribution in [3.63, 3.8) is 0 Å². The molecule has 1 heterocycles. The van der Waals surface area contributed by atoms with Gasteiger partial charge in [-0.2, -0.15) is 0 Å². The second-order valence-corrected chi connectivity index (χ2v) is 4.88. The number of rotatable bonds is 5. The third kappa shape index (κ3) is 2.59. The molecule has 18 heavy (non-hydrogen) atoms. The Hall–Kier alpha value is -1.68. The Labute approximate surface area is 107 Å². The van der Waals surface area contributed by atoms with Gasteiger partial charge in [0.25, 0.3) is 0 Å². The van der Waals surface area contributed by atoms with Gasteiger partial charge in [-0.05, 0) is 18.9 Å². The molecule has 0 saturated heterocycles. The first-order valence-electron chi connectivity index (χ1n) is 6.49. The summed E-state index contributed by atoms with van der Waals surface area (Å²) in [5.41, 5.74) is 1.00. The smallest absolute Gasteiger partial charge is 0.225 e. The highest BCUT2D eigenvalue weighted by atomic mass is 15.2. The summed E-state index contributed by atoms with van der Waals surface area (Å²) in [6.07, 6.45) is 4.55. The van der Waals surface area contributed by atoms with Crippen molar-refractivity contribution in [3.8, 4) is 0 Å². The maximum Gasteiger partial charge on any atom is 0.225 e. The van der Waals surface area contributed by atoms with Crippen LogP contribution in [0.1, 0.15) is 12.8 Å². The second-order valence-electron chi connectivity index (χ2n) is 4.88. The molecular formula is C14H18N4. The molecular weight excluding hydrogens is 224 g/mol. The van der Waals surface area contributed by atoms with Crippen LogP contribution in [0.3, 0.4) is 0 Å². The standard InChI is InChI=1S/C14H18N4/c1-18(9-8-15-12-6-7-12)14-16-10-11-4-2-3-5-13(11)17-14/h2-5,10,12,15H,6-9H2,1H3. The fourth-order valence-corrected chi connectivity index (χ4v) is 1.97. The number of nitrogens with one attached hydrogen (secondary N) is 1. The highest BCUT2D eigenvalue weighted by Gasteiger charge is 2.19. The first-order chi connectivity index (χ1) is 8.83. The van der Waals surface area contributed by atoms with Crippen LogP contribution in [-0.2, 0) is 0 Å². The predicted octanol–water partition coefficient (Wildman–Crippen LogP) is 1.82. The van der Waals surface area contributed by atoms with Gasteiger partial charge in [0.2, 0.25) is 5.95 Å². The van der Waals surface area contributed by atoms with E-state index in [4.69, 9.17) is 0 Å². The van der Waals surface area contributed by atoms with E-state index in [1.54, 1.807) is 0 Å². The number of hydrogen-bond acceptors (Lipinski definition) is 4. The molecule has 94 valence electrons. The molecule has 0 spiro atoms. The van der Waals surface area contributed by atoms with Crippen LogP contribution in [0.25, 0.3) is 10.9 Å². The van der Waals surface area contributed by atoms with Gasteiger partial charge in [-0.15, -0.1) is 0 Å². The lowest BCUT2D eigenvalue weighted by Gasteiger charge is -2.17. The van der Waals surface area contributed by atoms with Gasteiger partial charge >= 0.3 is 0 Å². The average Bonchev–Trinajstić information content (AvgIpc) is 3.22. The molecule has 1 aromatic heterocycles. The first-order valence-corrected chi connectivity index (χ1v) is 6.49. The number of nitrogens with zero attached hydrogens (tertiary/aromatic N) is 3. The molecule has 0 unspecified atom stereocenters. The average molecular weight is 242 g/mol. The highest BCUT2D eigenvalue weighted by molar-refractivity contribution is 5.78. The van der Waals surface area contributed by atoms with Crippen molar-refractivity contribution in [2.45, 2.75) is 18.9 Å². The summed E-state index contributed by atoms with van der Waals surface area (Å²) in [5, 5.41) is 4.59. The minimum atomic E-state index is 0.760. The lowest BCUT2D eigenvalue weighted by atomic mass is 10.2. The minimum absolute atomic E-state index is 0.760. The Morgan fingerprint density at radius 1 is 1.33 bits per heavy atom. The third-order valence-electron chi connectivity index (χ3n) is 3.28. The molecule has 0 amide bonds. The fourth-order valence-electron chi connectivity index (χ4n) is 1.97. The van der Waals surface area contributed by atoms with Gasteiger partial charge < -0.3 is 10.2 Å². The van der Waals surface area contributed by atoms with Gasteiger partial charge in [0, 0.05) is 37.8 Å². The SMILES string of the molecule is CN(CCNC1CC1)c1ncc2ccccc2n1. The van der Waals surface area contributed by atoms with Crippen molar-refractivity contribution in [2.75, 3.05) is 25.0 Å². The maximum atomic E-state index is 4.58. The number of likely N-dealkylation sites (N-methyl/N-ethyl adjacent to an activating group) is 1. The fraction of sp³-hybridized carbons (Fsp3) is 0.429. The minimum Gasteiger partial charge on any atom is -0.343 e. The molecule has 0 atom stereocenters. The van der Waals surface area contributed by atoms with E-state index in [0.717, 1.165) is 36.0 Å². The van der Waals surface area contributed by atoms with E-state index in [-0.39, 0.29) is 0 Å². The van der Waals surface area contributed by atoms with Crippen LogP contribution in [0.15, 0.2) is 30.5 Å². The van der Waals surface area contributed by atoms with E-state index >= 15 is 0 Å². The first kappa shape index (κ1) is 11.4. The van der Waals surface area contributed by atoms with Gasteiger partial charge in [0.15, 0.2) is 0 Å². The van der Waals surface area contributed by atoms with Gasteiger partial charge in [-0.25, -0.2) is 9.97 Å². The Balaban J connectivity index is 1.67. The number of aromatic nitrogens is 2. The molecule has 3 rings (SSSR count). The molecule has 2 aromatic rings. The van der Waals surface area contributed by atoms with E-state index in [0.29, 0.717) is 0 Å². The molecule has 0 radical (unpaired) electrons. The van der Waals surface area contributed by atoms with Crippen LogP contribution in [0.4, 0.5) is 5.95 Å². The summed E-state index contributed by atoms with van der Waals surface area (Å²) in [6.45, 7) is 1.94. The third-order valence-corrected chi connectivity index (χ3v) is 3.28. The summed E-state index contributed by atoms with van der Waals surface area (Å²) in [6, 6.07) is 8.84. The molecule has 1 saturated carbocycles. The van der Waals surface area contributed by atoms with Crippen molar-refractivity contribution >= 4 is 16.9 Å². The van der Waals surface area contributed by atoms with Crippen molar-refractivity contribution in [1.82, 2.24) is 15.3 Å². The molecule has 4 nitrogen and oxygen atoms in total. The zero-order valence-electron chi connectivity index (χ0n) is 10.6. The molecule has 1 aromatic carbocycles. The zero-order valence-corrected chi connectivity index (χ0v) is 10.6. The quantitative estimate of drug-likeness (QED) is 0.868. The topological polar surface area (TPSA) is 41.0 Å². The van der Waals surface area contributed by atoms with E-state index in [2.05, 4.69) is 20.2 Å². The molecule has 1 aliphatic rings. The summed E-state index contributed by atoms with van der Waals surface area (Å²) in [4.78, 5) is 11.1. The zero-order chi connectivity index (χ0) is 12.4. The summed E-state index contributed by atoms with van der Waals surface area (Å²) >= 11 is 0. The van der Waals surface area contributed by atoms with Crippen LogP contribution in [-0.4, -0.2) is 36.1 Å². The predicted molar refractivity (Wildman–Crippen MR) is 73.8 cm³/mol. The van der Waals surface area contributed by atoms with Crippen molar-refractivity contribution in [3.05, 3.63) is 30.5 Å². The van der Waals surface area contributed by atoms with Crippen LogP contribution in [0, 0.1) is 0 Å². The lowest BCUT2D eigenvalue weighted by molar-refractivity contribution is 0.670. The largest absolute Gasteiger partial charge is 0.343 e. The molecule has 1 aliphatic carbocycles. The molecule has 0 aliphatic heterocycles. The lowest BCUT2D eigenvalue weighted by Crippen LogP contribution is -2.31. The Bertz CT molecular complexity index is 536. The van der Waals surface area contributed by atoms with E-state index in [1.165, 1.54) is 12.8 Å². The maximum absolute atomic E-state index is 4.58. The van der Waals surface area contributed by atoms with Crippen LogP contribution in [0.2, 0.25) is 0 Å². The highest BCUT2D eigenvalue weighted by Crippen LogP contribution is 2.18. The van der Waals surface area contributed by atoms with E-state index in [1.807, 2.05) is 37.5 Å². The van der Waals surface area contributed by atoms with Crippen molar-refractivity contribution < 1.29 is 0 Å². The van der Waals surface area contributed by atoms with Crippen molar-refractivity contribution in [2.24, 2.45) is 0 Å². The normalized spacial score (nSPS) is 14.9. The number of fused-ring (bicyclic) bond motifs is 1. The monoisotopic (exact) mass is 242 g/mol. The Morgan fingerprint density at radius 3 is 3.00 bits per heavy atom. The van der Waals surface area contributed by atoms with Gasteiger partial charge in [-0.3, -0.25) is 0 Å². The van der Waals surface area contributed by atoms with Crippen LogP contribution in [0.5, 0.6) is 0 Å². The van der Waals surface area contributed by atoms with Crippen LogP contribution >= 0.6 is 0 Å². The summed E-state index contributed by atoms with van der Waals surface area (Å²) in [5.74, 6) is 0.797.